The zero-order valence-corrected chi connectivity index (χ0v) is 16.2. The van der Waals surface area contributed by atoms with Crippen LogP contribution in [0.2, 0.25) is 0 Å². The lowest BCUT2D eigenvalue weighted by Gasteiger charge is -2.16. The number of unbranched alkanes of at least 4 members (excludes halogenated alkanes) is 1. The van der Waals surface area contributed by atoms with E-state index in [0.29, 0.717) is 5.92 Å². The number of thiol groups is 1. The topological polar surface area (TPSA) is 50.1 Å². The molecule has 0 heterocycles. The molecule has 0 aliphatic carbocycles. The van der Waals surface area contributed by atoms with Crippen LogP contribution < -0.4 is 16.4 Å². The van der Waals surface area contributed by atoms with E-state index in [0.717, 1.165) is 31.0 Å². The highest BCUT2D eigenvalue weighted by atomic mass is 32.1. The van der Waals surface area contributed by atoms with Crippen molar-refractivity contribution in [2.24, 2.45) is 11.7 Å². The molecule has 4 N–H and O–H groups in total. The molecular weight excluding hydrogens is 278 g/mol. The maximum Gasteiger partial charge on any atom is 0.0221 e. The number of nitrogens with two attached hydrogens (primary N) is 1. The average molecular weight is 320 g/mol. The van der Waals surface area contributed by atoms with Crippen molar-refractivity contribution in [3.05, 3.63) is 25.1 Å². The molecule has 4 heteroatoms. The Labute approximate surface area is 140 Å². The summed E-state index contributed by atoms with van der Waals surface area (Å²) in [6, 6.07) is 0. The molecule has 0 aromatic heterocycles. The van der Waals surface area contributed by atoms with Crippen LogP contribution in [0, 0.1) is 5.92 Å². The van der Waals surface area contributed by atoms with Gasteiger partial charge >= 0.3 is 0 Å². The fourth-order valence-corrected chi connectivity index (χ4v) is 1.32. The molecule has 1 unspecified atom stereocenters. The fraction of sp³-hybridized carbons (Fsp3) is 0.765. The number of hydrogen-bond donors (Lipinski definition) is 4. The van der Waals surface area contributed by atoms with Crippen molar-refractivity contribution in [1.29, 1.82) is 0 Å². The lowest BCUT2D eigenvalue weighted by molar-refractivity contribution is 0.580. The summed E-state index contributed by atoms with van der Waals surface area (Å²) in [6.07, 6.45) is 5.37. The van der Waals surface area contributed by atoms with Crippen LogP contribution in [0.5, 0.6) is 0 Å². The van der Waals surface area contributed by atoms with Crippen molar-refractivity contribution in [2.75, 3.05) is 25.9 Å². The van der Waals surface area contributed by atoms with Crippen molar-refractivity contribution in [1.82, 2.24) is 10.6 Å². The summed E-state index contributed by atoms with van der Waals surface area (Å²) in [4.78, 5) is 0. The van der Waals surface area contributed by atoms with Gasteiger partial charge in [0, 0.05) is 24.7 Å². The largest absolute Gasteiger partial charge is 0.391 e. The third-order valence-corrected chi connectivity index (χ3v) is 2.59. The highest BCUT2D eigenvalue weighted by Crippen LogP contribution is 2.02. The highest BCUT2D eigenvalue weighted by molar-refractivity contribution is 7.80. The third kappa shape index (κ3) is 32.7. The highest BCUT2D eigenvalue weighted by Gasteiger charge is 2.03. The predicted molar refractivity (Wildman–Crippen MR) is 105 cm³/mol. The zero-order chi connectivity index (χ0) is 17.5. The maximum absolute atomic E-state index is 4.50. The van der Waals surface area contributed by atoms with Gasteiger partial charge in [0.05, 0.1) is 0 Å². The molecule has 0 saturated heterocycles. The lowest BCUT2D eigenvalue weighted by atomic mass is 10.1. The van der Waals surface area contributed by atoms with Gasteiger partial charge in [-0.3, -0.25) is 0 Å². The van der Waals surface area contributed by atoms with Gasteiger partial charge in [0.2, 0.25) is 0 Å². The van der Waals surface area contributed by atoms with Crippen molar-refractivity contribution in [2.45, 2.75) is 53.9 Å². The van der Waals surface area contributed by atoms with Gasteiger partial charge in [0.15, 0.2) is 0 Å². The summed E-state index contributed by atoms with van der Waals surface area (Å²) < 4.78 is 0. The molecule has 0 spiro atoms. The molecule has 3 nitrogen and oxygen atoms in total. The van der Waals surface area contributed by atoms with Crippen molar-refractivity contribution in [3.8, 4) is 0 Å². The van der Waals surface area contributed by atoms with Crippen LogP contribution >= 0.6 is 12.6 Å². The Balaban J connectivity index is -0.000000134. The van der Waals surface area contributed by atoms with Gasteiger partial charge in [-0.2, -0.15) is 12.6 Å². The minimum Gasteiger partial charge on any atom is -0.391 e. The SMILES string of the molecule is C=CNCC(C)C(=C)NCCC.CC.CCCCS.CN. The molecule has 0 fully saturated rings. The van der Waals surface area contributed by atoms with Crippen molar-refractivity contribution in [3.63, 3.8) is 0 Å². The molecular formula is C17H41N3S. The van der Waals surface area contributed by atoms with E-state index in [-0.39, 0.29) is 0 Å². The van der Waals surface area contributed by atoms with Crippen LogP contribution in [0.25, 0.3) is 0 Å². The summed E-state index contributed by atoms with van der Waals surface area (Å²) >= 11 is 4.00. The van der Waals surface area contributed by atoms with Crippen LogP contribution in [0.3, 0.4) is 0 Å². The molecule has 0 amide bonds. The van der Waals surface area contributed by atoms with E-state index in [1.54, 1.807) is 6.20 Å². The Bertz CT molecular complexity index is 183. The first-order chi connectivity index (χ1) is 10.1. The summed E-state index contributed by atoms with van der Waals surface area (Å²) in [6.45, 7) is 19.9. The van der Waals surface area contributed by atoms with E-state index in [9.17, 15) is 0 Å². The quantitative estimate of drug-likeness (QED) is 0.482. The standard InChI is InChI=1S/C10H20N2.C4H10S.C2H6.CH5N/c1-5-7-12-10(4)9(3)8-11-6-2;1-2-3-4-5;2*1-2/h6,9,11-12H,2,4-5,7-8H2,1,3H3;5H,2-4H2,1H3;1-2H3;2H2,1H3. The monoisotopic (exact) mass is 319 g/mol. The molecule has 0 radical (unpaired) electrons. The minimum atomic E-state index is 0.453. The Morgan fingerprint density at radius 2 is 1.76 bits per heavy atom. The van der Waals surface area contributed by atoms with E-state index in [1.807, 2.05) is 13.8 Å². The average Bonchev–Trinajstić information content (AvgIpc) is 2.55. The normalized spacial score (nSPS) is 9.33. The summed E-state index contributed by atoms with van der Waals surface area (Å²) in [5, 5.41) is 6.34. The van der Waals surface area contributed by atoms with Crippen LogP contribution in [0.15, 0.2) is 25.1 Å². The molecule has 130 valence electrons. The summed E-state index contributed by atoms with van der Waals surface area (Å²) in [5.74, 6) is 1.49. The fourth-order valence-electron chi connectivity index (χ4n) is 1.00. The van der Waals surface area contributed by atoms with Gasteiger partial charge in [-0.1, -0.05) is 54.2 Å². The second-order valence-electron chi connectivity index (χ2n) is 4.04. The van der Waals surface area contributed by atoms with Gasteiger partial charge in [-0.05, 0) is 31.8 Å². The van der Waals surface area contributed by atoms with Gasteiger partial charge in [-0.15, -0.1) is 0 Å². The van der Waals surface area contributed by atoms with Crippen LogP contribution in [0.1, 0.15) is 53.9 Å². The van der Waals surface area contributed by atoms with Gasteiger partial charge in [-0.25, -0.2) is 0 Å². The first-order valence-electron chi connectivity index (χ1n) is 8.09. The molecule has 0 rings (SSSR count). The molecule has 0 aromatic rings. The summed E-state index contributed by atoms with van der Waals surface area (Å²) in [5.41, 5.74) is 5.60. The molecule has 1 atom stereocenters. The molecule has 0 aromatic carbocycles. The molecule has 0 aliphatic heterocycles. The number of rotatable bonds is 9. The molecule has 0 aliphatic rings. The number of hydrogen-bond acceptors (Lipinski definition) is 4. The molecule has 21 heavy (non-hydrogen) atoms. The smallest absolute Gasteiger partial charge is 0.0221 e. The third-order valence-electron chi connectivity index (χ3n) is 2.28. The van der Waals surface area contributed by atoms with E-state index in [1.165, 1.54) is 19.9 Å². The Hall–Kier alpha value is -0.610. The maximum atomic E-state index is 4.50. The van der Waals surface area contributed by atoms with E-state index in [2.05, 4.69) is 62.9 Å². The minimum absolute atomic E-state index is 0.453. The molecule has 0 saturated carbocycles. The first-order valence-corrected chi connectivity index (χ1v) is 8.72. The van der Waals surface area contributed by atoms with Gasteiger partial charge < -0.3 is 16.4 Å². The Morgan fingerprint density at radius 1 is 1.24 bits per heavy atom. The predicted octanol–water partition coefficient (Wildman–Crippen LogP) is 4.19. The van der Waals surface area contributed by atoms with Gasteiger partial charge in [0.25, 0.3) is 0 Å². The van der Waals surface area contributed by atoms with Crippen LogP contribution in [-0.2, 0) is 0 Å². The second kappa shape index (κ2) is 31.7. The van der Waals surface area contributed by atoms with Crippen LogP contribution in [0.4, 0.5) is 0 Å². The van der Waals surface area contributed by atoms with Gasteiger partial charge in [0.1, 0.15) is 0 Å². The summed E-state index contributed by atoms with van der Waals surface area (Å²) in [7, 11) is 1.50. The van der Waals surface area contributed by atoms with Crippen LogP contribution in [-0.4, -0.2) is 25.9 Å². The van der Waals surface area contributed by atoms with Crippen molar-refractivity contribution < 1.29 is 0 Å². The number of nitrogens with one attached hydrogen (secondary N) is 2. The molecule has 0 bridgehead atoms. The first kappa shape index (κ1) is 28.5. The second-order valence-corrected chi connectivity index (χ2v) is 4.49. The lowest BCUT2D eigenvalue weighted by Crippen LogP contribution is -2.25. The van der Waals surface area contributed by atoms with Crippen molar-refractivity contribution >= 4 is 12.6 Å². The van der Waals surface area contributed by atoms with E-state index < -0.39 is 0 Å². The van der Waals surface area contributed by atoms with E-state index >= 15 is 0 Å². The van der Waals surface area contributed by atoms with E-state index in [4.69, 9.17) is 0 Å². The Kier molecular flexibility index (Phi) is 43.0. The Morgan fingerprint density at radius 3 is 2.05 bits per heavy atom. The zero-order valence-electron chi connectivity index (χ0n) is 15.3.